The monoisotopic (exact) mass is 422 g/mol. The van der Waals surface area contributed by atoms with Crippen molar-refractivity contribution < 1.29 is 4.74 Å². The molecular formula is C24H27ClN4O. The third kappa shape index (κ3) is 3.95. The molecule has 156 valence electrons. The number of nitrogens with one attached hydrogen (secondary N) is 3. The van der Waals surface area contributed by atoms with Crippen LogP contribution in [0.5, 0.6) is 5.75 Å². The van der Waals surface area contributed by atoms with Gasteiger partial charge in [-0.3, -0.25) is 0 Å². The van der Waals surface area contributed by atoms with Crippen LogP contribution in [0.2, 0.25) is 5.02 Å². The Morgan fingerprint density at radius 2 is 1.97 bits per heavy atom. The van der Waals surface area contributed by atoms with Crippen LogP contribution in [0.1, 0.15) is 30.8 Å². The first kappa shape index (κ1) is 20.5. The molecule has 30 heavy (non-hydrogen) atoms. The van der Waals surface area contributed by atoms with Gasteiger partial charge in [0.1, 0.15) is 5.75 Å². The molecule has 0 fully saturated rings. The van der Waals surface area contributed by atoms with Crippen molar-refractivity contribution in [3.8, 4) is 5.75 Å². The summed E-state index contributed by atoms with van der Waals surface area (Å²) in [4.78, 5) is 11.8. The minimum atomic E-state index is 0.364. The van der Waals surface area contributed by atoms with Crippen LogP contribution in [-0.2, 0) is 0 Å². The van der Waals surface area contributed by atoms with E-state index in [1.54, 1.807) is 7.11 Å². The molecule has 0 saturated heterocycles. The maximum atomic E-state index is 6.28. The molecule has 1 aliphatic heterocycles. The van der Waals surface area contributed by atoms with Crippen molar-refractivity contribution in [2.24, 2.45) is 4.99 Å². The second kappa shape index (κ2) is 8.17. The van der Waals surface area contributed by atoms with Gasteiger partial charge in [0.25, 0.3) is 0 Å². The number of methoxy groups -OCH3 is 1. The smallest absolute Gasteiger partial charge is 0.144 e. The lowest BCUT2D eigenvalue weighted by Crippen LogP contribution is -2.30. The lowest BCUT2D eigenvalue weighted by molar-refractivity contribution is 0.412. The van der Waals surface area contributed by atoms with E-state index in [-0.39, 0.29) is 0 Å². The van der Waals surface area contributed by atoms with Gasteiger partial charge in [-0.1, -0.05) is 25.4 Å². The molecule has 3 N–H and O–H groups in total. The third-order valence-corrected chi connectivity index (χ3v) is 5.49. The van der Waals surface area contributed by atoms with E-state index in [1.807, 2.05) is 24.3 Å². The number of hydrogen-bond donors (Lipinski definition) is 3. The average molecular weight is 423 g/mol. The molecule has 1 aliphatic rings. The number of hydrogen-bond acceptors (Lipinski definition) is 3. The number of halogens is 1. The Morgan fingerprint density at radius 1 is 1.17 bits per heavy atom. The van der Waals surface area contributed by atoms with Crippen molar-refractivity contribution in [2.45, 2.75) is 33.7 Å². The van der Waals surface area contributed by atoms with Crippen LogP contribution in [0, 0.1) is 13.8 Å². The zero-order valence-corrected chi connectivity index (χ0v) is 18.7. The molecule has 3 heterocycles. The van der Waals surface area contributed by atoms with Crippen LogP contribution in [0.15, 0.2) is 35.3 Å². The summed E-state index contributed by atoms with van der Waals surface area (Å²) < 4.78 is 5.66. The normalized spacial score (nSPS) is 15.7. The molecule has 2 aromatic heterocycles. The molecule has 0 radical (unpaired) electrons. The number of aromatic amines is 2. The van der Waals surface area contributed by atoms with Gasteiger partial charge < -0.3 is 20.0 Å². The van der Waals surface area contributed by atoms with E-state index in [0.29, 0.717) is 17.6 Å². The number of aryl methyl sites for hydroxylation is 2. The fraction of sp³-hybridized carbons (Fsp3) is 0.292. The molecule has 6 heteroatoms. The van der Waals surface area contributed by atoms with Gasteiger partial charge in [-0.25, -0.2) is 4.99 Å². The summed E-state index contributed by atoms with van der Waals surface area (Å²) in [5.74, 6) is 0.782. The molecule has 0 bridgehead atoms. The summed E-state index contributed by atoms with van der Waals surface area (Å²) >= 11 is 6.28. The fourth-order valence-corrected chi connectivity index (χ4v) is 3.94. The molecule has 1 aromatic carbocycles. The highest BCUT2D eigenvalue weighted by molar-refractivity contribution is 6.30. The summed E-state index contributed by atoms with van der Waals surface area (Å²) in [7, 11) is 1.69. The molecule has 4 rings (SSSR count). The first-order valence-electron chi connectivity index (χ1n) is 10.1. The lowest BCUT2D eigenvalue weighted by Gasteiger charge is -2.09. The van der Waals surface area contributed by atoms with E-state index in [9.17, 15) is 0 Å². The lowest BCUT2D eigenvalue weighted by atomic mass is 10.1. The summed E-state index contributed by atoms with van der Waals surface area (Å²) in [6.07, 6.45) is 2.08. The van der Waals surface area contributed by atoms with Gasteiger partial charge in [-0.05, 0) is 49.8 Å². The molecule has 0 saturated carbocycles. The van der Waals surface area contributed by atoms with E-state index in [2.05, 4.69) is 55.1 Å². The molecule has 0 aliphatic carbocycles. The van der Waals surface area contributed by atoms with Gasteiger partial charge in [-0.2, -0.15) is 0 Å². The van der Waals surface area contributed by atoms with Gasteiger partial charge in [0.2, 0.25) is 0 Å². The Kier molecular flexibility index (Phi) is 5.58. The standard InChI is InChI=1S/C24H27ClN4O/c1-13(2)26-12-18-17-9-16(25)6-7-19(17)29-24(18)22-11-23(30-5)21(28-22)10-20-14(3)8-15(4)27-20/h6-11,13,26-28H,12H2,1-5H3/b21-10-,24-22?. The summed E-state index contributed by atoms with van der Waals surface area (Å²) in [6, 6.07) is 10.3. The van der Waals surface area contributed by atoms with Crippen LogP contribution < -0.4 is 31.3 Å². The predicted octanol–water partition coefficient (Wildman–Crippen LogP) is 2.04. The first-order chi connectivity index (χ1) is 14.4. The zero-order valence-electron chi connectivity index (χ0n) is 18.0. The number of ether oxygens (including phenoxy) is 1. The molecule has 0 unspecified atom stereocenters. The van der Waals surface area contributed by atoms with Crippen molar-refractivity contribution >= 4 is 28.9 Å². The van der Waals surface area contributed by atoms with Crippen molar-refractivity contribution in [2.75, 3.05) is 13.7 Å². The summed E-state index contributed by atoms with van der Waals surface area (Å²) in [5.41, 5.74) is 5.43. The molecule has 0 amide bonds. The SMILES string of the molecule is COc1cc(=C2N=c3ccc(Cl)cc3=C2CNC(C)C)[nH]/c1=C\c1[nH]c(C)cc1C. The summed E-state index contributed by atoms with van der Waals surface area (Å²) in [5, 5.41) is 8.06. The molecule has 0 atom stereocenters. The fourth-order valence-electron chi connectivity index (χ4n) is 3.77. The summed E-state index contributed by atoms with van der Waals surface area (Å²) in [6.45, 7) is 9.13. The van der Waals surface area contributed by atoms with Crippen LogP contribution in [0.25, 0.3) is 17.3 Å². The van der Waals surface area contributed by atoms with Crippen LogP contribution >= 0.6 is 11.6 Å². The Bertz CT molecular complexity index is 1340. The van der Waals surface area contributed by atoms with Gasteiger partial charge in [-0.15, -0.1) is 0 Å². The van der Waals surface area contributed by atoms with Crippen molar-refractivity contribution in [3.63, 3.8) is 0 Å². The van der Waals surface area contributed by atoms with E-state index >= 15 is 0 Å². The number of nitrogens with zero attached hydrogens (tertiary/aromatic N) is 1. The van der Waals surface area contributed by atoms with E-state index in [1.165, 1.54) is 5.56 Å². The topological polar surface area (TPSA) is 65.2 Å². The number of H-pyrrole nitrogens is 2. The number of benzene rings is 1. The largest absolute Gasteiger partial charge is 0.494 e. The Morgan fingerprint density at radius 3 is 2.63 bits per heavy atom. The van der Waals surface area contributed by atoms with Gasteiger partial charge in [0.15, 0.2) is 0 Å². The molecular weight excluding hydrogens is 396 g/mol. The molecule has 5 nitrogen and oxygen atoms in total. The van der Waals surface area contributed by atoms with Gasteiger partial charge in [0.05, 0.1) is 28.9 Å². The van der Waals surface area contributed by atoms with Crippen LogP contribution in [0.4, 0.5) is 0 Å². The highest BCUT2D eigenvalue weighted by Crippen LogP contribution is 2.16. The number of rotatable bonds is 5. The molecule has 0 spiro atoms. The average Bonchev–Trinajstić information content (AvgIpc) is 3.35. The van der Waals surface area contributed by atoms with Crippen molar-refractivity contribution in [1.82, 2.24) is 15.3 Å². The Hall–Kier alpha value is -2.76. The highest BCUT2D eigenvalue weighted by atomic mass is 35.5. The second-order valence-corrected chi connectivity index (χ2v) is 8.43. The Balaban J connectivity index is 1.94. The van der Waals surface area contributed by atoms with Crippen molar-refractivity contribution in [3.05, 3.63) is 73.6 Å². The highest BCUT2D eigenvalue weighted by Gasteiger charge is 2.16. The minimum Gasteiger partial charge on any atom is -0.494 e. The first-order valence-corrected chi connectivity index (χ1v) is 10.5. The maximum Gasteiger partial charge on any atom is 0.144 e. The number of fused-ring (bicyclic) bond motifs is 1. The van der Waals surface area contributed by atoms with Gasteiger partial charge >= 0.3 is 0 Å². The predicted molar refractivity (Wildman–Crippen MR) is 123 cm³/mol. The van der Waals surface area contributed by atoms with Gasteiger partial charge in [0, 0.05) is 45.9 Å². The van der Waals surface area contributed by atoms with Crippen molar-refractivity contribution in [1.29, 1.82) is 0 Å². The van der Waals surface area contributed by atoms with E-state index < -0.39 is 0 Å². The Labute approximate surface area is 180 Å². The quantitative estimate of drug-likeness (QED) is 0.589. The zero-order chi connectivity index (χ0) is 21.4. The third-order valence-electron chi connectivity index (χ3n) is 5.25. The van der Waals surface area contributed by atoms with Crippen LogP contribution in [0.3, 0.4) is 0 Å². The second-order valence-electron chi connectivity index (χ2n) is 7.99. The maximum absolute atomic E-state index is 6.28. The van der Waals surface area contributed by atoms with E-state index in [0.717, 1.165) is 49.7 Å². The number of aromatic nitrogens is 2. The molecule has 3 aromatic rings. The van der Waals surface area contributed by atoms with Crippen LogP contribution in [-0.4, -0.2) is 29.7 Å². The minimum absolute atomic E-state index is 0.364. The van der Waals surface area contributed by atoms with E-state index in [4.69, 9.17) is 21.3 Å².